The lowest BCUT2D eigenvalue weighted by molar-refractivity contribution is -0.150. The second kappa shape index (κ2) is 83.9. The lowest BCUT2D eigenvalue weighted by Gasteiger charge is -2.23. The van der Waals surface area contributed by atoms with Crippen LogP contribution in [0.5, 0.6) is 0 Å². The number of ether oxygens (including phenoxy) is 2. The first-order valence-corrected chi connectivity index (χ1v) is 50.2. The molecule has 0 radical (unpaired) electrons. The van der Waals surface area contributed by atoms with Gasteiger partial charge in [-0.2, -0.15) is 0 Å². The Morgan fingerprint density at radius 3 is 0.761 bits per heavy atom. The molecule has 0 heterocycles. The van der Waals surface area contributed by atoms with Crippen LogP contribution >= 0.6 is 0 Å². The van der Waals surface area contributed by atoms with Crippen molar-refractivity contribution in [3.05, 3.63) is 34.9 Å². The van der Waals surface area contributed by atoms with Crippen molar-refractivity contribution in [1.29, 1.82) is 0 Å². The molecule has 3 unspecified atom stereocenters. The van der Waals surface area contributed by atoms with E-state index in [1.807, 2.05) is 0 Å². The van der Waals surface area contributed by atoms with Crippen molar-refractivity contribution < 1.29 is 33.8 Å². The third-order valence-electron chi connectivity index (χ3n) is 23.9. The summed E-state index contributed by atoms with van der Waals surface area (Å²) in [4.78, 5) is 62.2. The summed E-state index contributed by atoms with van der Waals surface area (Å²) in [5.41, 5.74) is 1.35. The number of nitrogens with zero attached hydrogens (tertiary/aromatic N) is 3. The number of benzene rings is 1. The van der Waals surface area contributed by atoms with Crippen LogP contribution in [0.4, 0.5) is 0 Å². The number of aliphatic hydroxyl groups excluding tert-OH is 1. The number of hydrogen-bond donors (Lipinski definition) is 4. The van der Waals surface area contributed by atoms with Crippen molar-refractivity contribution in [2.75, 3.05) is 78.5 Å². The van der Waals surface area contributed by atoms with Crippen molar-refractivity contribution in [2.24, 2.45) is 0 Å². The van der Waals surface area contributed by atoms with Crippen molar-refractivity contribution in [3.63, 3.8) is 0 Å². The summed E-state index contributed by atoms with van der Waals surface area (Å²) < 4.78 is 11.7. The highest BCUT2D eigenvalue weighted by atomic mass is 16.5. The molecule has 0 aliphatic carbocycles. The smallest absolute Gasteiger partial charge is 0.306 e. The Bertz CT molecular complexity index is 2120. The largest absolute Gasteiger partial charge is 0.462 e. The van der Waals surface area contributed by atoms with Gasteiger partial charge in [-0.05, 0) is 198 Å². The lowest BCUT2D eigenvalue weighted by atomic mass is 10.0. The van der Waals surface area contributed by atoms with Crippen LogP contribution < -0.4 is 16.0 Å². The molecule has 0 aliphatic heterocycles. The van der Waals surface area contributed by atoms with Gasteiger partial charge in [-0.3, -0.25) is 24.5 Å². The highest BCUT2D eigenvalue weighted by Crippen LogP contribution is 2.22. The number of carbonyl (C=O) groups excluding carboxylic acids is 4. The second-order valence-corrected chi connectivity index (χ2v) is 34.8. The molecule has 0 aliphatic rings. The van der Waals surface area contributed by atoms with Gasteiger partial charge in [0.15, 0.2) is 0 Å². The Kier molecular flexibility index (Phi) is 80.2. The first-order valence-electron chi connectivity index (χ1n) is 50.2. The van der Waals surface area contributed by atoms with Crippen LogP contribution in [-0.2, 0) is 19.1 Å². The summed E-state index contributed by atoms with van der Waals surface area (Å²) in [6, 6.07) is 5.33. The minimum atomic E-state index is -1.03. The van der Waals surface area contributed by atoms with Gasteiger partial charge >= 0.3 is 11.9 Å². The molecule has 0 saturated heterocycles. The number of aliphatic hydroxyl groups is 1. The number of esters is 2. The quantitative estimate of drug-likeness (QED) is 0.0280. The van der Waals surface area contributed by atoms with E-state index >= 15 is 0 Å². The molecule has 1 aromatic carbocycles. The van der Waals surface area contributed by atoms with E-state index in [0.717, 1.165) is 194 Å². The Morgan fingerprint density at radius 1 is 0.283 bits per heavy atom. The van der Waals surface area contributed by atoms with Gasteiger partial charge in [0, 0.05) is 37.1 Å². The molecule has 0 bridgehead atoms. The first kappa shape index (κ1) is 108. The van der Waals surface area contributed by atoms with Crippen LogP contribution in [0.25, 0.3) is 0 Å². The van der Waals surface area contributed by atoms with Gasteiger partial charge in [0.25, 0.3) is 11.8 Å². The Morgan fingerprint density at radius 2 is 0.504 bits per heavy atom. The molecule has 0 saturated carbocycles. The summed E-state index contributed by atoms with van der Waals surface area (Å²) in [6.45, 7) is 28.9. The van der Waals surface area contributed by atoms with Crippen LogP contribution in [0.2, 0.25) is 0 Å². The number of amides is 2. The van der Waals surface area contributed by atoms with Gasteiger partial charge in [-0.25, -0.2) is 0 Å². The average molecular weight is 1590 g/mol. The topological polar surface area (TPSA) is 153 Å². The fraction of sp³-hybridized carbons (Fsp3) is 0.900. The minimum absolute atomic E-state index is 0.0381. The standard InChI is InChI=1S/C100H192N6O7/c1-9-17-23-27-31-35-39-45-53-63-79-104(80-64-54-46-40-36-32-28-24-18-10-2)85-69-76-101-98(109)91-88-92(99(110)102-77-70-86-105(81-65-55-47-41-37-33-29-25-19-11-3)82-66-56-48-42-38-34-30-26-20-12-4)90-93(89-91)100(111)103-78-71-87-106(83-67-57-49-43-51-61-74-96(107)112-94(15-7)72-59-21-13-5)84-68-58-50-44-52-62-75-97(108)113-95(16-8)73-60-22-14-6/h88-90,94-95,98,101,109H,9-87H2,1-8H3,(H,102,110)(H,103,111). The van der Waals surface area contributed by atoms with E-state index in [0.29, 0.717) is 49.2 Å². The van der Waals surface area contributed by atoms with E-state index in [4.69, 9.17) is 9.47 Å². The fourth-order valence-corrected chi connectivity index (χ4v) is 16.3. The number of hydrogen-bond acceptors (Lipinski definition) is 11. The minimum Gasteiger partial charge on any atom is -0.462 e. The molecule has 664 valence electrons. The van der Waals surface area contributed by atoms with Gasteiger partial charge in [0.05, 0.1) is 0 Å². The van der Waals surface area contributed by atoms with E-state index in [2.05, 4.69) is 86.0 Å². The van der Waals surface area contributed by atoms with E-state index in [9.17, 15) is 24.3 Å². The van der Waals surface area contributed by atoms with E-state index in [-0.39, 0.29) is 36.0 Å². The van der Waals surface area contributed by atoms with Crippen molar-refractivity contribution in [2.45, 2.75) is 504 Å². The summed E-state index contributed by atoms with van der Waals surface area (Å²) in [5.74, 6) is -0.502. The molecule has 2 amide bonds. The van der Waals surface area contributed by atoms with Crippen molar-refractivity contribution in [3.8, 4) is 0 Å². The highest BCUT2D eigenvalue weighted by molar-refractivity contribution is 6.00. The van der Waals surface area contributed by atoms with Gasteiger partial charge in [-0.15, -0.1) is 0 Å². The van der Waals surface area contributed by atoms with Crippen LogP contribution in [0.15, 0.2) is 18.2 Å². The molecule has 13 nitrogen and oxygen atoms in total. The van der Waals surface area contributed by atoms with E-state index in [1.165, 1.54) is 283 Å². The molecular weight excluding hydrogens is 1400 g/mol. The average Bonchev–Trinajstić information content (AvgIpc) is 0.827. The van der Waals surface area contributed by atoms with Crippen molar-refractivity contribution >= 4 is 23.8 Å². The van der Waals surface area contributed by atoms with Gasteiger partial charge < -0.3 is 39.9 Å². The maximum atomic E-state index is 14.5. The predicted octanol–water partition coefficient (Wildman–Crippen LogP) is 27.8. The Labute approximate surface area is 701 Å². The summed E-state index contributed by atoms with van der Waals surface area (Å²) in [6.07, 6.45) is 79.8. The van der Waals surface area contributed by atoms with Crippen LogP contribution in [-0.4, -0.2) is 134 Å². The molecule has 0 spiro atoms. The molecule has 0 aromatic heterocycles. The molecular formula is C100H192N6O7. The molecule has 4 N–H and O–H groups in total. The molecule has 3 atom stereocenters. The monoisotopic (exact) mass is 1590 g/mol. The molecule has 113 heavy (non-hydrogen) atoms. The maximum absolute atomic E-state index is 14.5. The number of carbonyl (C=O) groups is 4. The number of nitrogens with one attached hydrogen (secondary N) is 3. The Hall–Kier alpha value is -3.10. The van der Waals surface area contributed by atoms with Crippen molar-refractivity contribution in [1.82, 2.24) is 30.7 Å². The zero-order valence-electron chi connectivity index (χ0n) is 76.6. The molecule has 1 aromatic rings. The van der Waals surface area contributed by atoms with Crippen LogP contribution in [0, 0.1) is 0 Å². The van der Waals surface area contributed by atoms with E-state index in [1.54, 1.807) is 18.2 Å². The second-order valence-electron chi connectivity index (χ2n) is 34.8. The lowest BCUT2D eigenvalue weighted by Crippen LogP contribution is -2.33. The zero-order chi connectivity index (χ0) is 82.0. The Balaban J connectivity index is 3.29. The number of rotatable bonds is 90. The SMILES string of the molecule is CCCCCCCCCCCCN(CCCCCCCCCCCC)CCCNC(=O)c1cc(C(=O)NCCCN(CCCCCCCCC(=O)OC(CC)CCCCC)CCCCCCCCC(=O)OC(CC)CCCCC)cc(C(O)NCCCN(CCCCCCCCCCCC)CCCCCCCCCCCC)c1. The molecule has 0 fully saturated rings. The first-order chi connectivity index (χ1) is 55.5. The van der Waals surface area contributed by atoms with Gasteiger partial charge in [0.1, 0.15) is 18.4 Å². The highest BCUT2D eigenvalue weighted by Gasteiger charge is 2.20. The predicted molar refractivity (Wildman–Crippen MR) is 488 cm³/mol. The van der Waals surface area contributed by atoms with Crippen LogP contribution in [0.3, 0.4) is 0 Å². The fourth-order valence-electron chi connectivity index (χ4n) is 16.3. The van der Waals surface area contributed by atoms with Gasteiger partial charge in [0.2, 0.25) is 0 Å². The third kappa shape index (κ3) is 69.4. The van der Waals surface area contributed by atoms with Gasteiger partial charge in [-0.1, -0.05) is 364 Å². The molecule has 1 rings (SSSR count). The zero-order valence-corrected chi connectivity index (χ0v) is 76.6. The summed E-state index contributed by atoms with van der Waals surface area (Å²) in [7, 11) is 0. The normalized spacial score (nSPS) is 12.6. The molecule has 13 heteroatoms. The van der Waals surface area contributed by atoms with E-state index < -0.39 is 6.23 Å². The third-order valence-corrected chi connectivity index (χ3v) is 23.9. The number of unbranched alkanes of at least 4 members (excludes halogenated alkanes) is 50. The van der Waals surface area contributed by atoms with Crippen LogP contribution in [0.1, 0.15) is 518 Å². The summed E-state index contributed by atoms with van der Waals surface area (Å²) in [5, 5.41) is 22.0. The maximum Gasteiger partial charge on any atom is 0.306 e. The summed E-state index contributed by atoms with van der Waals surface area (Å²) >= 11 is 0.